The number of hydrogen-bond donors (Lipinski definition) is 0. The van der Waals surface area contributed by atoms with Crippen LogP contribution in [-0.4, -0.2) is 12.5 Å². The Labute approximate surface area is 262 Å². The molecule has 0 aliphatic carbocycles. The van der Waals surface area contributed by atoms with Crippen LogP contribution in [0.4, 0.5) is 22.7 Å². The Morgan fingerprint density at radius 2 is 1.41 bits per heavy atom. The van der Waals surface area contributed by atoms with Gasteiger partial charge < -0.3 is 14.5 Å². The van der Waals surface area contributed by atoms with E-state index < -0.39 is 5.97 Å². The number of anilines is 4. The van der Waals surface area contributed by atoms with Crippen LogP contribution in [0.5, 0.6) is 5.75 Å². The number of para-hydroxylation sites is 1. The maximum absolute atomic E-state index is 11.7. The Hall–Kier alpha value is -5.09. The molecule has 4 aromatic rings. The summed E-state index contributed by atoms with van der Waals surface area (Å²) in [6.07, 6.45) is 8.34. The van der Waals surface area contributed by atoms with E-state index in [1.54, 1.807) is 12.1 Å². The number of aryl methyl sites for hydroxylation is 2. The third-order valence-corrected chi connectivity index (χ3v) is 7.68. The average Bonchev–Trinajstić information content (AvgIpc) is 3.04. The molecule has 0 saturated heterocycles. The fraction of sp³-hybridized carbons (Fsp3) is 0.175. The van der Waals surface area contributed by atoms with Crippen molar-refractivity contribution in [3.05, 3.63) is 152 Å². The smallest absolute Gasteiger partial charge is 0.335 e. The first-order valence-electron chi connectivity index (χ1n) is 14.9. The zero-order chi connectivity index (χ0) is 31.6. The number of benzene rings is 4. The zero-order valence-electron chi connectivity index (χ0n) is 26.3. The molecule has 0 aromatic heterocycles. The summed E-state index contributed by atoms with van der Waals surface area (Å²) in [5, 5.41) is 0. The highest BCUT2D eigenvalue weighted by atomic mass is 16.5. The van der Waals surface area contributed by atoms with Crippen molar-refractivity contribution in [2.24, 2.45) is 5.92 Å². The highest BCUT2D eigenvalue weighted by molar-refractivity contribution is 5.84. The largest absolute Gasteiger partial charge is 0.423 e. The van der Waals surface area contributed by atoms with Crippen LogP contribution in [0.1, 0.15) is 31.4 Å². The normalized spacial score (nSPS) is 11.8. The summed E-state index contributed by atoms with van der Waals surface area (Å²) in [6, 6.07) is 31.0. The number of rotatable bonds is 13. The van der Waals surface area contributed by atoms with Gasteiger partial charge in [0.2, 0.25) is 0 Å². The van der Waals surface area contributed by atoms with E-state index in [0.717, 1.165) is 47.2 Å². The van der Waals surface area contributed by atoms with Crippen LogP contribution in [0.3, 0.4) is 0 Å². The van der Waals surface area contributed by atoms with E-state index >= 15 is 0 Å². The van der Waals surface area contributed by atoms with Gasteiger partial charge in [0.1, 0.15) is 5.75 Å². The molecular weight excluding hydrogens is 540 g/mol. The predicted octanol–water partition coefficient (Wildman–Crippen LogP) is 10.6. The molecule has 4 rings (SSSR count). The fourth-order valence-corrected chi connectivity index (χ4v) is 5.17. The molecular formula is C40H42N2O2. The van der Waals surface area contributed by atoms with Crippen LogP contribution in [0.15, 0.2) is 141 Å². The Bertz CT molecular complexity index is 1650. The number of esters is 1. The van der Waals surface area contributed by atoms with Gasteiger partial charge in [-0.25, -0.2) is 4.79 Å². The van der Waals surface area contributed by atoms with Gasteiger partial charge in [-0.05, 0) is 116 Å². The second-order valence-corrected chi connectivity index (χ2v) is 11.0. The van der Waals surface area contributed by atoms with Crippen LogP contribution in [0.25, 0.3) is 11.1 Å². The molecule has 224 valence electrons. The molecule has 4 heteroatoms. The molecule has 0 heterocycles. The van der Waals surface area contributed by atoms with Gasteiger partial charge in [-0.1, -0.05) is 62.1 Å². The lowest BCUT2D eigenvalue weighted by atomic mass is 9.98. The Balaban J connectivity index is 1.67. The topological polar surface area (TPSA) is 32.8 Å². The van der Waals surface area contributed by atoms with Crippen LogP contribution < -0.4 is 14.5 Å². The van der Waals surface area contributed by atoms with Crippen LogP contribution in [0.2, 0.25) is 0 Å². The second-order valence-electron chi connectivity index (χ2n) is 11.0. The van der Waals surface area contributed by atoms with Crippen LogP contribution in [-0.2, 0) is 4.79 Å². The summed E-state index contributed by atoms with van der Waals surface area (Å²) < 4.78 is 5.29. The first-order chi connectivity index (χ1) is 21.2. The monoisotopic (exact) mass is 582 g/mol. The highest BCUT2D eigenvalue weighted by Crippen LogP contribution is 2.39. The average molecular weight is 583 g/mol. The van der Waals surface area contributed by atoms with Gasteiger partial charge in [-0.3, -0.25) is 0 Å². The summed E-state index contributed by atoms with van der Waals surface area (Å²) in [5.41, 5.74) is 10.1. The van der Waals surface area contributed by atoms with Gasteiger partial charge in [0.25, 0.3) is 0 Å². The molecule has 0 spiro atoms. The molecule has 0 N–H and O–H groups in total. The first-order valence-corrected chi connectivity index (χ1v) is 14.9. The zero-order valence-corrected chi connectivity index (χ0v) is 26.3. The molecule has 0 bridgehead atoms. The van der Waals surface area contributed by atoms with Gasteiger partial charge in [0.15, 0.2) is 0 Å². The minimum Gasteiger partial charge on any atom is -0.423 e. The maximum atomic E-state index is 11.7. The van der Waals surface area contributed by atoms with Gasteiger partial charge in [0.05, 0.1) is 0 Å². The van der Waals surface area contributed by atoms with Crippen molar-refractivity contribution in [1.29, 1.82) is 0 Å². The predicted molar refractivity (Wildman–Crippen MR) is 187 cm³/mol. The summed E-state index contributed by atoms with van der Waals surface area (Å²) in [7, 11) is 0. The SMILES string of the molecule is C=CCN(/C(C)=C/CC(C)C=C)c1ccc(-c2ccc(N(c3ccccc3)c3ccc(OC(=O)C=C)cc3)c(C)c2)cc1C. The van der Waals surface area contributed by atoms with Crippen molar-refractivity contribution < 1.29 is 9.53 Å². The van der Waals surface area contributed by atoms with E-state index in [0.29, 0.717) is 11.7 Å². The van der Waals surface area contributed by atoms with Crippen LogP contribution in [0, 0.1) is 19.8 Å². The lowest BCUT2D eigenvalue weighted by Crippen LogP contribution is -2.22. The minimum atomic E-state index is -0.481. The highest BCUT2D eigenvalue weighted by Gasteiger charge is 2.17. The van der Waals surface area contributed by atoms with Gasteiger partial charge in [0, 0.05) is 41.1 Å². The number of nitrogens with zero attached hydrogens (tertiary/aromatic N) is 2. The van der Waals surface area contributed by atoms with Crippen molar-refractivity contribution in [1.82, 2.24) is 0 Å². The molecule has 4 nitrogen and oxygen atoms in total. The lowest BCUT2D eigenvalue weighted by Gasteiger charge is -2.28. The van der Waals surface area contributed by atoms with Crippen molar-refractivity contribution in [2.75, 3.05) is 16.3 Å². The number of carbonyl (C=O) groups is 1. The quantitative estimate of drug-likeness (QED) is 0.0679. The molecule has 1 unspecified atom stereocenters. The molecule has 0 saturated carbocycles. The molecule has 44 heavy (non-hydrogen) atoms. The van der Waals surface area contributed by atoms with Crippen molar-refractivity contribution in [3.63, 3.8) is 0 Å². The van der Waals surface area contributed by atoms with E-state index in [9.17, 15) is 4.79 Å². The Kier molecular flexibility index (Phi) is 10.8. The van der Waals surface area contributed by atoms with E-state index in [4.69, 9.17) is 4.74 Å². The summed E-state index contributed by atoms with van der Waals surface area (Å²) in [5.74, 6) is 0.427. The van der Waals surface area contributed by atoms with Crippen LogP contribution >= 0.6 is 0 Å². The van der Waals surface area contributed by atoms with E-state index in [-0.39, 0.29) is 0 Å². The molecule has 0 aliphatic heterocycles. The van der Waals surface area contributed by atoms with E-state index in [2.05, 4.69) is 112 Å². The fourth-order valence-electron chi connectivity index (χ4n) is 5.17. The van der Waals surface area contributed by atoms with Crippen molar-refractivity contribution in [2.45, 2.75) is 34.1 Å². The Morgan fingerprint density at radius 3 is 1.95 bits per heavy atom. The van der Waals surface area contributed by atoms with Gasteiger partial charge in [-0.2, -0.15) is 0 Å². The second kappa shape index (κ2) is 14.9. The summed E-state index contributed by atoms with van der Waals surface area (Å²) >= 11 is 0. The third-order valence-electron chi connectivity index (χ3n) is 7.68. The first kappa shape index (κ1) is 31.8. The third kappa shape index (κ3) is 7.64. The van der Waals surface area contributed by atoms with Crippen molar-refractivity contribution >= 4 is 28.7 Å². The van der Waals surface area contributed by atoms with Gasteiger partial charge in [-0.15, -0.1) is 13.2 Å². The lowest BCUT2D eigenvalue weighted by molar-refractivity contribution is -0.128. The molecule has 4 aromatic carbocycles. The number of carbonyl (C=O) groups excluding carboxylic acids is 1. The molecule has 0 amide bonds. The Morgan fingerprint density at radius 1 is 0.818 bits per heavy atom. The number of hydrogen-bond acceptors (Lipinski definition) is 4. The maximum Gasteiger partial charge on any atom is 0.335 e. The van der Waals surface area contributed by atoms with Gasteiger partial charge >= 0.3 is 5.97 Å². The number of allylic oxidation sites excluding steroid dienone is 3. The summed E-state index contributed by atoms with van der Waals surface area (Å²) in [4.78, 5) is 16.2. The molecule has 0 aliphatic rings. The minimum absolute atomic E-state index is 0.435. The van der Waals surface area contributed by atoms with Crippen molar-refractivity contribution in [3.8, 4) is 16.9 Å². The summed E-state index contributed by atoms with van der Waals surface area (Å²) in [6.45, 7) is 20.8. The van der Waals surface area contributed by atoms with E-state index in [1.165, 1.54) is 22.5 Å². The standard InChI is InChI=1S/C40H42N2O2/c1-8-26-41(32(7)17-16-29(4)9-2)38-24-18-33(27-30(38)5)34-19-25-39(31(6)28-34)42(35-14-12-11-13-15-35)36-20-22-37(23-21-36)44-40(43)10-3/h8-15,17-25,27-29H,1-3,16,26H2,4-7H3/b32-17+. The number of ether oxygens (including phenoxy) is 1. The molecule has 1 atom stereocenters. The molecule has 0 radical (unpaired) electrons. The van der Waals surface area contributed by atoms with E-state index in [1.807, 2.05) is 42.5 Å². The molecule has 0 fully saturated rings.